The van der Waals surface area contributed by atoms with Gasteiger partial charge in [0.2, 0.25) is 0 Å². The molecule has 3 aromatic rings. The van der Waals surface area contributed by atoms with Gasteiger partial charge < -0.3 is 14.8 Å². The lowest BCUT2D eigenvalue weighted by Crippen LogP contribution is -2.05. The molecule has 0 amide bonds. The first-order valence-electron chi connectivity index (χ1n) is 9.37. The average molecular weight is 618 g/mol. The number of benzene rings is 3. The van der Waals surface area contributed by atoms with E-state index in [0.717, 1.165) is 24.9 Å². The van der Waals surface area contributed by atoms with Gasteiger partial charge in [-0.2, -0.15) is 0 Å². The lowest BCUT2D eigenvalue weighted by atomic mass is 10.2. The molecule has 3 aromatic carbocycles. The number of rotatable bonds is 9. The number of anilines is 1. The number of nitrogens with zero attached hydrogens (tertiary/aromatic N) is 1. The van der Waals surface area contributed by atoms with Gasteiger partial charge in [0, 0.05) is 28.8 Å². The number of ether oxygens (including phenoxy) is 2. The summed E-state index contributed by atoms with van der Waals surface area (Å²) >= 11 is 11.8. The molecule has 0 unspecified atom stereocenters. The second-order valence-electron chi connectivity index (χ2n) is 6.53. The summed E-state index contributed by atoms with van der Waals surface area (Å²) in [5, 5.41) is 14.8. The lowest BCUT2D eigenvalue weighted by molar-refractivity contribution is -0.384. The van der Waals surface area contributed by atoms with E-state index in [-0.39, 0.29) is 12.3 Å². The van der Waals surface area contributed by atoms with Crippen LogP contribution in [-0.4, -0.2) is 11.5 Å². The highest BCUT2D eigenvalue weighted by Gasteiger charge is 2.13. The van der Waals surface area contributed by atoms with Crippen molar-refractivity contribution in [2.75, 3.05) is 11.9 Å². The Labute approximate surface area is 207 Å². The Morgan fingerprint density at radius 1 is 1.10 bits per heavy atom. The Balaban J connectivity index is 1.73. The smallest absolute Gasteiger partial charge is 0.269 e. The zero-order valence-electron chi connectivity index (χ0n) is 16.5. The predicted octanol–water partition coefficient (Wildman–Crippen LogP) is 7.21. The van der Waals surface area contributed by atoms with Crippen LogP contribution in [-0.2, 0) is 13.2 Å². The molecule has 31 heavy (non-hydrogen) atoms. The third-order valence-corrected chi connectivity index (χ3v) is 6.35. The van der Waals surface area contributed by atoms with Crippen molar-refractivity contribution in [3.63, 3.8) is 0 Å². The van der Waals surface area contributed by atoms with Gasteiger partial charge in [0.15, 0.2) is 11.5 Å². The topological polar surface area (TPSA) is 73.6 Å². The van der Waals surface area contributed by atoms with Crippen LogP contribution < -0.4 is 14.8 Å². The SMILES string of the molecule is CCOc1cc(CNc2ccc(Br)c(Cl)c2)cc(I)c1OCc1ccc([N+](=O)[O-])cc1. The monoisotopic (exact) mass is 616 g/mol. The van der Waals surface area contributed by atoms with E-state index >= 15 is 0 Å². The van der Waals surface area contributed by atoms with Crippen molar-refractivity contribution >= 4 is 61.5 Å². The minimum Gasteiger partial charge on any atom is -0.490 e. The van der Waals surface area contributed by atoms with Gasteiger partial charge in [-0.3, -0.25) is 10.1 Å². The Bertz CT molecular complexity index is 1080. The highest BCUT2D eigenvalue weighted by molar-refractivity contribution is 14.1. The molecular formula is C22H19BrClIN2O4. The third-order valence-electron chi connectivity index (χ3n) is 4.32. The second-order valence-corrected chi connectivity index (χ2v) is 8.96. The Hall–Kier alpha value is -2.04. The molecule has 9 heteroatoms. The van der Waals surface area contributed by atoms with Crippen LogP contribution in [0.4, 0.5) is 11.4 Å². The van der Waals surface area contributed by atoms with Gasteiger partial charge in [0.05, 0.1) is 20.1 Å². The van der Waals surface area contributed by atoms with Gasteiger partial charge in [-0.05, 0) is 99.0 Å². The van der Waals surface area contributed by atoms with Crippen LogP contribution in [0.25, 0.3) is 0 Å². The minimum absolute atomic E-state index is 0.0530. The highest BCUT2D eigenvalue weighted by Crippen LogP contribution is 2.35. The van der Waals surface area contributed by atoms with Crippen LogP contribution in [0.15, 0.2) is 59.1 Å². The van der Waals surface area contributed by atoms with Crippen molar-refractivity contribution in [2.24, 2.45) is 0 Å². The molecule has 0 saturated heterocycles. The molecule has 0 bridgehead atoms. The average Bonchev–Trinajstić information content (AvgIpc) is 2.74. The van der Waals surface area contributed by atoms with Crippen LogP contribution in [0, 0.1) is 13.7 Å². The molecule has 0 atom stereocenters. The molecule has 0 radical (unpaired) electrons. The van der Waals surface area contributed by atoms with Gasteiger partial charge in [-0.15, -0.1) is 0 Å². The van der Waals surface area contributed by atoms with Crippen LogP contribution >= 0.6 is 50.1 Å². The van der Waals surface area contributed by atoms with Crippen LogP contribution in [0.1, 0.15) is 18.1 Å². The molecule has 0 heterocycles. The first kappa shape index (κ1) is 23.6. The Morgan fingerprint density at radius 2 is 1.84 bits per heavy atom. The maximum absolute atomic E-state index is 10.8. The molecule has 0 spiro atoms. The number of nitro groups is 1. The van der Waals surface area contributed by atoms with Gasteiger partial charge in [-0.25, -0.2) is 0 Å². The van der Waals surface area contributed by atoms with Gasteiger partial charge in [-0.1, -0.05) is 11.6 Å². The van der Waals surface area contributed by atoms with E-state index < -0.39 is 4.92 Å². The number of halogens is 3. The summed E-state index contributed by atoms with van der Waals surface area (Å²) in [5.41, 5.74) is 2.84. The second kappa shape index (κ2) is 11.0. The number of nitrogens with one attached hydrogen (secondary N) is 1. The first-order valence-corrected chi connectivity index (χ1v) is 11.6. The Morgan fingerprint density at radius 3 is 2.48 bits per heavy atom. The molecular weight excluding hydrogens is 599 g/mol. The summed E-state index contributed by atoms with van der Waals surface area (Å²) in [5.74, 6) is 1.30. The van der Waals surface area contributed by atoms with E-state index in [1.54, 1.807) is 12.1 Å². The molecule has 0 aliphatic carbocycles. The Kier molecular flexibility index (Phi) is 8.39. The van der Waals surface area contributed by atoms with Crippen molar-refractivity contribution in [1.82, 2.24) is 0 Å². The quantitative estimate of drug-likeness (QED) is 0.156. The lowest BCUT2D eigenvalue weighted by Gasteiger charge is -2.16. The summed E-state index contributed by atoms with van der Waals surface area (Å²) in [7, 11) is 0. The molecule has 0 aliphatic heterocycles. The maximum atomic E-state index is 10.8. The summed E-state index contributed by atoms with van der Waals surface area (Å²) in [6.45, 7) is 3.30. The minimum atomic E-state index is -0.421. The molecule has 162 valence electrons. The zero-order valence-corrected chi connectivity index (χ0v) is 21.0. The van der Waals surface area contributed by atoms with E-state index in [9.17, 15) is 10.1 Å². The molecule has 0 aromatic heterocycles. The van der Waals surface area contributed by atoms with Crippen LogP contribution in [0.3, 0.4) is 0 Å². The molecule has 0 aliphatic rings. The van der Waals surface area contributed by atoms with Crippen molar-refractivity contribution in [3.8, 4) is 11.5 Å². The fraction of sp³-hybridized carbons (Fsp3) is 0.182. The van der Waals surface area contributed by atoms with Crippen molar-refractivity contribution in [1.29, 1.82) is 0 Å². The largest absolute Gasteiger partial charge is 0.490 e. The number of hydrogen-bond acceptors (Lipinski definition) is 5. The van der Waals surface area contributed by atoms with Gasteiger partial charge in [0.1, 0.15) is 6.61 Å². The van der Waals surface area contributed by atoms with E-state index in [4.69, 9.17) is 21.1 Å². The summed E-state index contributed by atoms with van der Waals surface area (Å²) < 4.78 is 13.6. The predicted molar refractivity (Wildman–Crippen MR) is 134 cm³/mol. The van der Waals surface area contributed by atoms with Crippen molar-refractivity contribution < 1.29 is 14.4 Å². The summed E-state index contributed by atoms with van der Waals surface area (Å²) in [6, 6.07) is 16.0. The van der Waals surface area contributed by atoms with E-state index in [2.05, 4.69) is 43.8 Å². The van der Waals surface area contributed by atoms with Crippen molar-refractivity contribution in [3.05, 3.63) is 88.9 Å². The maximum Gasteiger partial charge on any atom is 0.269 e. The fourth-order valence-corrected chi connectivity index (χ4v) is 4.05. The van der Waals surface area contributed by atoms with Gasteiger partial charge in [0.25, 0.3) is 5.69 Å². The molecule has 1 N–H and O–H groups in total. The molecule has 6 nitrogen and oxygen atoms in total. The molecule has 3 rings (SSSR count). The van der Waals surface area contributed by atoms with E-state index in [1.165, 1.54) is 12.1 Å². The highest BCUT2D eigenvalue weighted by atomic mass is 127. The molecule has 0 fully saturated rings. The number of hydrogen-bond donors (Lipinski definition) is 1. The third kappa shape index (κ3) is 6.47. The first-order chi connectivity index (χ1) is 14.9. The van der Waals surface area contributed by atoms with E-state index in [1.807, 2.05) is 37.3 Å². The standard InChI is InChI=1S/C22H19BrClIN2O4/c1-2-30-21-10-15(12-26-16-5-8-18(23)19(24)11-16)9-20(25)22(21)31-13-14-3-6-17(7-4-14)27(28)29/h3-11,26H,2,12-13H2,1H3. The number of nitro benzene ring substituents is 1. The normalized spacial score (nSPS) is 10.6. The molecule has 0 saturated carbocycles. The van der Waals surface area contributed by atoms with Gasteiger partial charge >= 0.3 is 0 Å². The van der Waals surface area contributed by atoms with Crippen molar-refractivity contribution in [2.45, 2.75) is 20.1 Å². The van der Waals surface area contributed by atoms with Crippen LogP contribution in [0.5, 0.6) is 11.5 Å². The zero-order chi connectivity index (χ0) is 22.4. The van der Waals surface area contributed by atoms with Crippen LogP contribution in [0.2, 0.25) is 5.02 Å². The van der Waals surface area contributed by atoms with E-state index in [0.29, 0.717) is 29.7 Å². The fourth-order valence-electron chi connectivity index (χ4n) is 2.81. The summed E-state index contributed by atoms with van der Waals surface area (Å²) in [4.78, 5) is 10.4. The summed E-state index contributed by atoms with van der Waals surface area (Å²) in [6.07, 6.45) is 0. The number of non-ortho nitro benzene ring substituents is 1.